The number of fused-ring (bicyclic) bond motifs is 4. The summed E-state index contributed by atoms with van der Waals surface area (Å²) in [5, 5.41) is 11.5. The number of aliphatic imine (C=N–C) groups is 1. The summed E-state index contributed by atoms with van der Waals surface area (Å²) in [6, 6.07) is 17.4. The third-order valence-electron chi connectivity index (χ3n) is 6.65. The van der Waals surface area contributed by atoms with Crippen molar-refractivity contribution in [2.24, 2.45) is 4.99 Å². The van der Waals surface area contributed by atoms with Crippen molar-refractivity contribution in [2.45, 2.75) is 38.3 Å². The van der Waals surface area contributed by atoms with E-state index in [0.29, 0.717) is 23.5 Å². The molecule has 2 aliphatic heterocycles. The van der Waals surface area contributed by atoms with Gasteiger partial charge in [0.15, 0.2) is 5.75 Å². The van der Waals surface area contributed by atoms with Gasteiger partial charge in [-0.15, -0.1) is 0 Å². The Bertz CT molecular complexity index is 1350. The average Bonchev–Trinajstić information content (AvgIpc) is 2.96. The number of benzene rings is 3. The fourth-order valence-corrected chi connectivity index (χ4v) is 4.79. The Morgan fingerprint density at radius 1 is 1.19 bits per heavy atom. The molecule has 0 saturated heterocycles. The quantitative estimate of drug-likeness (QED) is 0.414. The number of rotatable bonds is 2. The fraction of sp³-hybridized carbons (Fsp3) is 0.269. The van der Waals surface area contributed by atoms with Crippen LogP contribution < -0.4 is 14.4 Å². The molecule has 1 atom stereocenters. The first-order chi connectivity index (χ1) is 15.3. The van der Waals surface area contributed by atoms with Crippen molar-refractivity contribution < 1.29 is 14.3 Å². The van der Waals surface area contributed by atoms with Crippen LogP contribution in [0.1, 0.15) is 38.3 Å². The highest BCUT2D eigenvalue weighted by molar-refractivity contribution is 6.02. The van der Waals surface area contributed by atoms with Gasteiger partial charge in [0.2, 0.25) is 5.72 Å². The van der Waals surface area contributed by atoms with Crippen LogP contribution in [0.2, 0.25) is 0 Å². The van der Waals surface area contributed by atoms with Crippen LogP contribution >= 0.6 is 0 Å². The summed E-state index contributed by atoms with van der Waals surface area (Å²) in [7, 11) is 1.97. The molecule has 6 nitrogen and oxygen atoms in total. The summed E-state index contributed by atoms with van der Waals surface area (Å²) >= 11 is 0. The van der Waals surface area contributed by atoms with E-state index in [0.717, 1.165) is 27.7 Å². The molecule has 0 radical (unpaired) electrons. The Kier molecular flexibility index (Phi) is 4.28. The summed E-state index contributed by atoms with van der Waals surface area (Å²) in [4.78, 5) is 18.7. The predicted octanol–water partition coefficient (Wildman–Crippen LogP) is 5.25. The van der Waals surface area contributed by atoms with Gasteiger partial charge in [0.25, 0.3) is 0 Å². The second kappa shape index (κ2) is 6.83. The molecule has 5 rings (SSSR count). The number of carbonyl (C=O) groups excluding carboxylic acids is 1. The van der Waals surface area contributed by atoms with Gasteiger partial charge in [-0.3, -0.25) is 9.79 Å². The number of carbonyl (C=O) groups is 1. The van der Waals surface area contributed by atoms with Crippen molar-refractivity contribution in [1.82, 2.24) is 0 Å². The Morgan fingerprint density at radius 3 is 2.66 bits per heavy atom. The molecule has 0 saturated carbocycles. The maximum Gasteiger partial charge on any atom is 0.310 e. The molecule has 0 fully saturated rings. The zero-order valence-electron chi connectivity index (χ0n) is 18.5. The van der Waals surface area contributed by atoms with Crippen molar-refractivity contribution in [3.8, 4) is 17.6 Å². The van der Waals surface area contributed by atoms with E-state index in [9.17, 15) is 10.1 Å². The maximum atomic E-state index is 11.8. The zero-order chi connectivity index (χ0) is 22.7. The Hall–Kier alpha value is -3.85. The monoisotopic (exact) mass is 425 g/mol. The first kappa shape index (κ1) is 20.1. The third-order valence-corrected chi connectivity index (χ3v) is 6.65. The third kappa shape index (κ3) is 2.57. The van der Waals surface area contributed by atoms with Crippen LogP contribution in [0.5, 0.6) is 11.5 Å². The van der Waals surface area contributed by atoms with Gasteiger partial charge in [0, 0.05) is 36.0 Å². The molecule has 3 aromatic rings. The van der Waals surface area contributed by atoms with E-state index in [2.05, 4.69) is 24.8 Å². The second-order valence-corrected chi connectivity index (χ2v) is 8.68. The molecule has 2 heterocycles. The van der Waals surface area contributed by atoms with Crippen LogP contribution in [0.15, 0.2) is 53.5 Å². The highest BCUT2D eigenvalue weighted by atomic mass is 16.5. The van der Waals surface area contributed by atoms with Gasteiger partial charge >= 0.3 is 5.97 Å². The minimum atomic E-state index is -0.898. The summed E-state index contributed by atoms with van der Waals surface area (Å²) in [6.45, 7) is 5.94. The van der Waals surface area contributed by atoms with Crippen LogP contribution in [0, 0.1) is 11.3 Å². The Morgan fingerprint density at radius 2 is 1.94 bits per heavy atom. The molecule has 1 spiro atoms. The summed E-state index contributed by atoms with van der Waals surface area (Å²) < 4.78 is 12.2. The van der Waals surface area contributed by atoms with E-state index in [1.807, 2.05) is 49.7 Å². The smallest absolute Gasteiger partial charge is 0.310 e. The molecule has 0 aromatic heterocycles. The fourth-order valence-electron chi connectivity index (χ4n) is 4.79. The predicted molar refractivity (Wildman–Crippen MR) is 124 cm³/mol. The molecule has 0 N–H and O–H groups in total. The molecule has 0 amide bonds. The first-order valence-electron chi connectivity index (χ1n) is 10.6. The number of likely N-dealkylation sites (N-methyl/N-ethyl adjacent to an activating group) is 1. The lowest BCUT2D eigenvalue weighted by molar-refractivity contribution is -0.134. The van der Waals surface area contributed by atoms with Gasteiger partial charge in [0.05, 0.1) is 23.3 Å². The van der Waals surface area contributed by atoms with Crippen LogP contribution in [-0.2, 0) is 10.2 Å². The lowest BCUT2D eigenvalue weighted by Gasteiger charge is -2.45. The first-order valence-corrected chi connectivity index (χ1v) is 10.6. The molecule has 160 valence electrons. The molecule has 6 heteroatoms. The normalized spacial score (nSPS) is 19.9. The maximum absolute atomic E-state index is 11.8. The van der Waals surface area contributed by atoms with Gasteiger partial charge in [-0.1, -0.05) is 31.2 Å². The number of hydrogen-bond acceptors (Lipinski definition) is 6. The molecule has 0 bridgehead atoms. The van der Waals surface area contributed by atoms with Crippen molar-refractivity contribution in [2.75, 3.05) is 11.9 Å². The van der Waals surface area contributed by atoms with Crippen molar-refractivity contribution in [1.29, 1.82) is 5.26 Å². The summed E-state index contributed by atoms with van der Waals surface area (Å²) in [5.74, 6) is 0.817. The SMILES string of the molecule is CCC(=O)Oc1ccc2c(c1)C(C)(C)C1(C=Nc3c(cc(C#N)c4ccccc34)O1)N2C. The highest BCUT2D eigenvalue weighted by Crippen LogP contribution is 2.55. The van der Waals surface area contributed by atoms with Gasteiger partial charge in [-0.25, -0.2) is 0 Å². The van der Waals surface area contributed by atoms with E-state index in [1.165, 1.54) is 0 Å². The van der Waals surface area contributed by atoms with Gasteiger partial charge < -0.3 is 14.4 Å². The largest absolute Gasteiger partial charge is 0.459 e. The second-order valence-electron chi connectivity index (χ2n) is 8.68. The molecule has 3 aromatic carbocycles. The standard InChI is InChI=1S/C26H23N3O3/c1-5-23(30)31-17-10-11-21-20(13-17)25(2,3)26(29(21)4)15-28-24-19-9-7-6-8-18(19)16(14-27)12-22(24)32-26/h6-13,15H,5H2,1-4H3. The van der Waals surface area contributed by atoms with Crippen LogP contribution in [0.3, 0.4) is 0 Å². The van der Waals surface area contributed by atoms with Crippen LogP contribution in [0.25, 0.3) is 10.8 Å². The van der Waals surface area contributed by atoms with E-state index < -0.39 is 11.1 Å². The molecule has 1 unspecified atom stereocenters. The number of esters is 1. The van der Waals surface area contributed by atoms with Crippen LogP contribution in [-0.4, -0.2) is 25.0 Å². The lowest BCUT2D eigenvalue weighted by atomic mass is 9.77. The van der Waals surface area contributed by atoms with Gasteiger partial charge in [0.1, 0.15) is 11.4 Å². The Labute approximate surface area is 186 Å². The topological polar surface area (TPSA) is 74.9 Å². The van der Waals surface area contributed by atoms with E-state index in [4.69, 9.17) is 14.5 Å². The van der Waals surface area contributed by atoms with Gasteiger partial charge in [-0.05, 0) is 37.6 Å². The molecule has 32 heavy (non-hydrogen) atoms. The Balaban J connectivity index is 1.64. The average molecular weight is 425 g/mol. The van der Waals surface area contributed by atoms with E-state index in [1.54, 1.807) is 19.1 Å². The summed E-state index contributed by atoms with van der Waals surface area (Å²) in [6.07, 6.45) is 2.16. The van der Waals surface area contributed by atoms with Crippen molar-refractivity contribution in [3.05, 3.63) is 59.7 Å². The van der Waals surface area contributed by atoms with E-state index >= 15 is 0 Å². The number of hydrogen-bond donors (Lipinski definition) is 0. The van der Waals surface area contributed by atoms with Crippen LogP contribution in [0.4, 0.5) is 11.4 Å². The minimum absolute atomic E-state index is 0.274. The van der Waals surface area contributed by atoms with E-state index in [-0.39, 0.29) is 5.97 Å². The number of ether oxygens (including phenoxy) is 2. The zero-order valence-corrected chi connectivity index (χ0v) is 18.5. The molecular weight excluding hydrogens is 402 g/mol. The molecular formula is C26H23N3O3. The van der Waals surface area contributed by atoms with Crippen molar-refractivity contribution in [3.63, 3.8) is 0 Å². The van der Waals surface area contributed by atoms with Gasteiger partial charge in [-0.2, -0.15) is 5.26 Å². The number of nitrogens with zero attached hydrogens (tertiary/aromatic N) is 3. The summed E-state index contributed by atoms with van der Waals surface area (Å²) in [5.41, 5.74) is 1.83. The number of nitriles is 1. The minimum Gasteiger partial charge on any atom is -0.459 e. The van der Waals surface area contributed by atoms with Crippen molar-refractivity contribution >= 4 is 34.3 Å². The lowest BCUT2D eigenvalue weighted by Crippen LogP contribution is -2.61. The highest BCUT2D eigenvalue weighted by Gasteiger charge is 2.58. The molecule has 0 aliphatic carbocycles. The molecule has 2 aliphatic rings. The number of anilines is 1.